The Morgan fingerprint density at radius 3 is 2.85 bits per heavy atom. The van der Waals surface area contributed by atoms with Crippen molar-refractivity contribution in [3.63, 3.8) is 0 Å². The van der Waals surface area contributed by atoms with E-state index in [4.69, 9.17) is 9.47 Å². The highest BCUT2D eigenvalue weighted by atomic mass is 16.5. The topological polar surface area (TPSA) is 43.7 Å². The van der Waals surface area contributed by atoms with Gasteiger partial charge in [-0.1, -0.05) is 30.3 Å². The van der Waals surface area contributed by atoms with Crippen molar-refractivity contribution in [1.82, 2.24) is 9.47 Å². The molecule has 0 N–H and O–H groups in total. The Hall–Kier alpha value is -2.79. The zero-order valence-corrected chi connectivity index (χ0v) is 14.8. The maximum atomic E-state index is 12.8. The van der Waals surface area contributed by atoms with Crippen molar-refractivity contribution in [3.8, 4) is 5.75 Å². The van der Waals surface area contributed by atoms with Crippen molar-refractivity contribution in [3.05, 3.63) is 66.4 Å². The molecule has 2 aromatic carbocycles. The predicted octanol–water partition coefficient (Wildman–Crippen LogP) is 3.25. The molecule has 1 aromatic heterocycles. The SMILES string of the molecule is COc1ccc2c(ccn2CC(=O)N2CCOC(c3ccccc3)C2)c1. The molecule has 1 atom stereocenters. The molecule has 1 fully saturated rings. The number of methoxy groups -OCH3 is 1. The molecule has 134 valence electrons. The van der Waals surface area contributed by atoms with Crippen LogP contribution in [-0.2, 0) is 16.1 Å². The summed E-state index contributed by atoms with van der Waals surface area (Å²) < 4.78 is 13.1. The van der Waals surface area contributed by atoms with Crippen LogP contribution in [0.4, 0.5) is 0 Å². The average Bonchev–Trinajstić information content (AvgIpc) is 3.10. The third kappa shape index (κ3) is 3.30. The van der Waals surface area contributed by atoms with Crippen molar-refractivity contribution in [1.29, 1.82) is 0 Å². The Morgan fingerprint density at radius 1 is 1.19 bits per heavy atom. The lowest BCUT2D eigenvalue weighted by molar-refractivity contribution is -0.139. The summed E-state index contributed by atoms with van der Waals surface area (Å²) in [5, 5.41) is 1.07. The fourth-order valence-electron chi connectivity index (χ4n) is 3.43. The second-order valence-electron chi connectivity index (χ2n) is 6.48. The lowest BCUT2D eigenvalue weighted by Crippen LogP contribution is -2.43. The fourth-order valence-corrected chi connectivity index (χ4v) is 3.43. The van der Waals surface area contributed by atoms with Crippen LogP contribution in [0.3, 0.4) is 0 Å². The number of carbonyl (C=O) groups excluding carboxylic acids is 1. The first-order valence-electron chi connectivity index (χ1n) is 8.82. The molecular formula is C21H22N2O3. The van der Waals surface area contributed by atoms with Crippen LogP contribution in [-0.4, -0.2) is 42.2 Å². The molecule has 0 radical (unpaired) electrons. The predicted molar refractivity (Wildman–Crippen MR) is 100 cm³/mol. The summed E-state index contributed by atoms with van der Waals surface area (Å²) in [7, 11) is 1.66. The van der Waals surface area contributed by atoms with Crippen LogP contribution >= 0.6 is 0 Å². The molecule has 1 amide bonds. The fraction of sp³-hybridized carbons (Fsp3) is 0.286. The van der Waals surface area contributed by atoms with Crippen molar-refractivity contribution >= 4 is 16.8 Å². The Labute approximate surface area is 152 Å². The van der Waals surface area contributed by atoms with E-state index in [0.717, 1.165) is 22.2 Å². The van der Waals surface area contributed by atoms with Gasteiger partial charge in [-0.25, -0.2) is 0 Å². The van der Waals surface area contributed by atoms with E-state index in [0.29, 0.717) is 26.2 Å². The maximum absolute atomic E-state index is 12.8. The maximum Gasteiger partial charge on any atom is 0.242 e. The number of fused-ring (bicyclic) bond motifs is 1. The summed E-state index contributed by atoms with van der Waals surface area (Å²) >= 11 is 0. The number of rotatable bonds is 4. The van der Waals surface area contributed by atoms with E-state index in [1.165, 1.54) is 0 Å². The zero-order valence-electron chi connectivity index (χ0n) is 14.8. The summed E-state index contributed by atoms with van der Waals surface area (Å²) in [5.41, 5.74) is 2.15. The van der Waals surface area contributed by atoms with E-state index in [1.807, 2.05) is 70.3 Å². The standard InChI is InChI=1S/C21H22N2O3/c1-25-18-7-8-19-17(13-18)9-10-22(19)15-21(24)23-11-12-26-20(14-23)16-5-3-2-4-6-16/h2-10,13,20H,11-12,14-15H2,1H3. The van der Waals surface area contributed by atoms with Gasteiger partial charge in [-0.05, 0) is 29.8 Å². The molecule has 0 saturated carbocycles. The van der Waals surface area contributed by atoms with Crippen LogP contribution in [0.25, 0.3) is 10.9 Å². The molecule has 3 aromatic rings. The average molecular weight is 350 g/mol. The van der Waals surface area contributed by atoms with Crippen LogP contribution in [0, 0.1) is 0 Å². The number of amides is 1. The highest BCUT2D eigenvalue weighted by Crippen LogP contribution is 2.24. The van der Waals surface area contributed by atoms with Crippen LogP contribution < -0.4 is 4.74 Å². The normalized spacial score (nSPS) is 17.4. The van der Waals surface area contributed by atoms with E-state index in [-0.39, 0.29) is 12.0 Å². The van der Waals surface area contributed by atoms with Gasteiger partial charge in [0.15, 0.2) is 0 Å². The molecule has 5 heteroatoms. The first-order valence-corrected chi connectivity index (χ1v) is 8.82. The van der Waals surface area contributed by atoms with E-state index < -0.39 is 0 Å². The molecule has 1 saturated heterocycles. The molecule has 26 heavy (non-hydrogen) atoms. The summed E-state index contributed by atoms with van der Waals surface area (Å²) in [6.45, 7) is 2.12. The van der Waals surface area contributed by atoms with Crippen molar-refractivity contribution in [2.24, 2.45) is 0 Å². The number of nitrogens with zero attached hydrogens (tertiary/aromatic N) is 2. The first kappa shape index (κ1) is 16.7. The monoisotopic (exact) mass is 350 g/mol. The highest BCUT2D eigenvalue weighted by Gasteiger charge is 2.25. The van der Waals surface area contributed by atoms with E-state index >= 15 is 0 Å². The second kappa shape index (κ2) is 7.22. The highest BCUT2D eigenvalue weighted by molar-refractivity contribution is 5.84. The van der Waals surface area contributed by atoms with Crippen LogP contribution in [0.5, 0.6) is 5.75 Å². The Morgan fingerprint density at radius 2 is 2.04 bits per heavy atom. The molecule has 0 spiro atoms. The molecule has 1 aliphatic heterocycles. The minimum atomic E-state index is -0.0560. The summed E-state index contributed by atoms with van der Waals surface area (Å²) in [4.78, 5) is 14.7. The van der Waals surface area contributed by atoms with Gasteiger partial charge in [0.25, 0.3) is 0 Å². The van der Waals surface area contributed by atoms with Gasteiger partial charge in [0.1, 0.15) is 18.4 Å². The van der Waals surface area contributed by atoms with Gasteiger partial charge in [-0.3, -0.25) is 4.79 Å². The van der Waals surface area contributed by atoms with Crippen molar-refractivity contribution < 1.29 is 14.3 Å². The van der Waals surface area contributed by atoms with Crippen molar-refractivity contribution in [2.75, 3.05) is 26.8 Å². The Bertz CT molecular complexity index is 904. The Balaban J connectivity index is 1.48. The molecule has 1 unspecified atom stereocenters. The third-order valence-corrected chi connectivity index (χ3v) is 4.87. The molecule has 4 rings (SSSR count). The smallest absolute Gasteiger partial charge is 0.242 e. The summed E-state index contributed by atoms with van der Waals surface area (Å²) in [6, 6.07) is 18.0. The van der Waals surface area contributed by atoms with E-state index in [1.54, 1.807) is 7.11 Å². The van der Waals surface area contributed by atoms with Crippen molar-refractivity contribution in [2.45, 2.75) is 12.6 Å². The number of ether oxygens (including phenoxy) is 2. The van der Waals surface area contributed by atoms with Crippen LogP contribution in [0.2, 0.25) is 0 Å². The quantitative estimate of drug-likeness (QED) is 0.725. The number of aromatic nitrogens is 1. The Kier molecular flexibility index (Phi) is 4.63. The van der Waals surface area contributed by atoms with Gasteiger partial charge in [-0.15, -0.1) is 0 Å². The van der Waals surface area contributed by atoms with Gasteiger partial charge < -0.3 is 18.9 Å². The van der Waals surface area contributed by atoms with Gasteiger partial charge >= 0.3 is 0 Å². The number of carbonyl (C=O) groups is 1. The molecule has 1 aliphatic rings. The molecule has 0 aliphatic carbocycles. The van der Waals surface area contributed by atoms with Gasteiger partial charge in [-0.2, -0.15) is 0 Å². The van der Waals surface area contributed by atoms with Crippen LogP contribution in [0.15, 0.2) is 60.8 Å². The largest absolute Gasteiger partial charge is 0.497 e. The minimum absolute atomic E-state index is 0.0560. The lowest BCUT2D eigenvalue weighted by atomic mass is 10.1. The number of benzene rings is 2. The van der Waals surface area contributed by atoms with E-state index in [2.05, 4.69) is 0 Å². The second-order valence-corrected chi connectivity index (χ2v) is 6.48. The van der Waals surface area contributed by atoms with Gasteiger partial charge in [0.2, 0.25) is 5.91 Å². The summed E-state index contributed by atoms with van der Waals surface area (Å²) in [5.74, 6) is 0.933. The zero-order chi connectivity index (χ0) is 17.9. The third-order valence-electron chi connectivity index (χ3n) is 4.87. The summed E-state index contributed by atoms with van der Waals surface area (Å²) in [6.07, 6.45) is 1.90. The lowest BCUT2D eigenvalue weighted by Gasteiger charge is -2.33. The minimum Gasteiger partial charge on any atom is -0.497 e. The van der Waals surface area contributed by atoms with Crippen LogP contribution in [0.1, 0.15) is 11.7 Å². The molecule has 2 heterocycles. The number of morpholine rings is 1. The van der Waals surface area contributed by atoms with Gasteiger partial charge in [0, 0.05) is 23.6 Å². The number of hydrogen-bond donors (Lipinski definition) is 0. The molecular weight excluding hydrogens is 328 g/mol. The first-order chi connectivity index (χ1) is 12.7. The van der Waals surface area contributed by atoms with E-state index in [9.17, 15) is 4.79 Å². The molecule has 5 nitrogen and oxygen atoms in total. The molecule has 0 bridgehead atoms. The van der Waals surface area contributed by atoms with Gasteiger partial charge in [0.05, 0.1) is 20.3 Å². The number of hydrogen-bond acceptors (Lipinski definition) is 3.